The number of halogens is 1. The lowest BCUT2D eigenvalue weighted by molar-refractivity contribution is 0.0531. The van der Waals surface area contributed by atoms with Crippen molar-refractivity contribution in [3.63, 3.8) is 0 Å². The molecular formula is C16H13FN2O3S. The van der Waals surface area contributed by atoms with Crippen molar-refractivity contribution in [3.8, 4) is 11.6 Å². The molecule has 0 spiro atoms. The second-order valence-electron chi connectivity index (χ2n) is 4.70. The molecule has 0 radical (unpaired) electrons. The normalized spacial score (nSPS) is 10.7. The minimum Gasteiger partial charge on any atom is -0.462 e. The Hall–Kier alpha value is -2.54. The second-order valence-corrected chi connectivity index (χ2v) is 5.69. The number of nitrogens with zero attached hydrogens (tertiary/aromatic N) is 2. The number of aromatic nitrogens is 2. The predicted octanol–water partition coefficient (Wildman–Crippen LogP) is 4.11. The molecule has 0 atom stereocenters. The van der Waals surface area contributed by atoms with Gasteiger partial charge in [0.05, 0.1) is 12.0 Å². The first-order chi connectivity index (χ1) is 11.1. The van der Waals surface area contributed by atoms with E-state index in [4.69, 9.17) is 9.47 Å². The fraction of sp³-hybridized carbons (Fsp3) is 0.188. The molecule has 118 valence electrons. The maximum absolute atomic E-state index is 13.3. The molecule has 0 unspecified atom stereocenters. The predicted molar refractivity (Wildman–Crippen MR) is 84.6 cm³/mol. The van der Waals surface area contributed by atoms with E-state index >= 15 is 0 Å². The first-order valence-corrected chi connectivity index (χ1v) is 7.76. The van der Waals surface area contributed by atoms with Crippen LogP contribution in [0.15, 0.2) is 30.6 Å². The van der Waals surface area contributed by atoms with Gasteiger partial charge in [-0.25, -0.2) is 19.2 Å². The Bertz CT molecular complexity index is 879. The van der Waals surface area contributed by atoms with E-state index in [0.29, 0.717) is 33.0 Å². The van der Waals surface area contributed by atoms with Gasteiger partial charge in [-0.3, -0.25) is 0 Å². The Balaban J connectivity index is 2.06. The van der Waals surface area contributed by atoms with Gasteiger partial charge in [0.25, 0.3) is 0 Å². The van der Waals surface area contributed by atoms with Crippen LogP contribution < -0.4 is 4.74 Å². The van der Waals surface area contributed by atoms with Crippen LogP contribution in [0.2, 0.25) is 0 Å². The van der Waals surface area contributed by atoms with Crippen molar-refractivity contribution >= 4 is 27.5 Å². The Labute approximate surface area is 135 Å². The van der Waals surface area contributed by atoms with Crippen LogP contribution >= 0.6 is 11.3 Å². The average Bonchev–Trinajstić information content (AvgIpc) is 2.86. The quantitative estimate of drug-likeness (QED) is 0.673. The lowest BCUT2D eigenvalue weighted by atomic mass is 10.2. The highest BCUT2D eigenvalue weighted by Crippen LogP contribution is 2.36. The topological polar surface area (TPSA) is 61.3 Å². The van der Waals surface area contributed by atoms with E-state index in [1.54, 1.807) is 26.0 Å². The van der Waals surface area contributed by atoms with E-state index in [1.165, 1.54) is 29.8 Å². The lowest BCUT2D eigenvalue weighted by Gasteiger charge is -2.06. The van der Waals surface area contributed by atoms with Gasteiger partial charge in [-0.2, -0.15) is 0 Å². The Morgan fingerprint density at radius 2 is 2.17 bits per heavy atom. The number of ether oxygens (including phenoxy) is 2. The molecule has 5 nitrogen and oxygen atoms in total. The number of carbonyl (C=O) groups is 1. The number of rotatable bonds is 4. The number of hydrogen-bond acceptors (Lipinski definition) is 6. The van der Waals surface area contributed by atoms with Crippen molar-refractivity contribution in [3.05, 3.63) is 46.9 Å². The fourth-order valence-electron chi connectivity index (χ4n) is 2.15. The first-order valence-electron chi connectivity index (χ1n) is 6.94. The molecule has 0 saturated carbocycles. The number of esters is 1. The molecule has 0 N–H and O–H groups in total. The molecule has 1 aromatic carbocycles. The molecule has 3 aromatic rings. The molecule has 0 saturated heterocycles. The third kappa shape index (κ3) is 3.00. The van der Waals surface area contributed by atoms with Crippen LogP contribution in [0.5, 0.6) is 11.6 Å². The number of benzene rings is 1. The van der Waals surface area contributed by atoms with Crippen LogP contribution in [-0.2, 0) is 4.74 Å². The summed E-state index contributed by atoms with van der Waals surface area (Å²) in [4.78, 5) is 21.4. The molecule has 0 aliphatic heterocycles. The minimum absolute atomic E-state index is 0.282. The summed E-state index contributed by atoms with van der Waals surface area (Å²) in [5.74, 6) is -0.190. The standard InChI is InChI=1S/C16H13FN2O3S/c1-3-21-16(20)13-9(2)12-14(18-8-19-15(12)23-13)22-11-6-4-5-10(17)7-11/h4-8H,3H2,1-2H3. The van der Waals surface area contributed by atoms with Gasteiger partial charge in [0.15, 0.2) is 0 Å². The zero-order valence-corrected chi connectivity index (χ0v) is 13.3. The monoisotopic (exact) mass is 332 g/mol. The molecule has 7 heteroatoms. The van der Waals surface area contributed by atoms with E-state index in [-0.39, 0.29) is 5.88 Å². The third-order valence-electron chi connectivity index (χ3n) is 3.16. The SMILES string of the molecule is CCOC(=O)c1sc2ncnc(Oc3cccc(F)c3)c2c1C. The van der Waals surface area contributed by atoms with Gasteiger partial charge in [0, 0.05) is 6.07 Å². The summed E-state index contributed by atoms with van der Waals surface area (Å²) in [6.45, 7) is 3.83. The van der Waals surface area contributed by atoms with Crippen LogP contribution in [-0.4, -0.2) is 22.5 Å². The smallest absolute Gasteiger partial charge is 0.348 e. The van der Waals surface area contributed by atoms with Gasteiger partial charge in [-0.1, -0.05) is 6.07 Å². The van der Waals surface area contributed by atoms with Crippen molar-refractivity contribution in [2.24, 2.45) is 0 Å². The summed E-state index contributed by atoms with van der Waals surface area (Å²) < 4.78 is 24.0. The number of fused-ring (bicyclic) bond motifs is 1. The van der Waals surface area contributed by atoms with Crippen LogP contribution in [0, 0.1) is 12.7 Å². The second kappa shape index (κ2) is 6.29. The summed E-state index contributed by atoms with van der Waals surface area (Å²) in [6.07, 6.45) is 1.35. The number of aryl methyl sites for hydroxylation is 1. The summed E-state index contributed by atoms with van der Waals surface area (Å²) in [7, 11) is 0. The van der Waals surface area contributed by atoms with Crippen molar-refractivity contribution in [1.82, 2.24) is 9.97 Å². The molecule has 3 rings (SSSR count). The summed E-state index contributed by atoms with van der Waals surface area (Å²) in [6, 6.07) is 5.78. The molecule has 0 amide bonds. The zero-order chi connectivity index (χ0) is 16.4. The molecule has 0 fully saturated rings. The molecule has 23 heavy (non-hydrogen) atoms. The van der Waals surface area contributed by atoms with Gasteiger partial charge in [0.2, 0.25) is 5.88 Å². The summed E-state index contributed by atoms with van der Waals surface area (Å²) >= 11 is 1.22. The van der Waals surface area contributed by atoms with E-state index in [1.807, 2.05) is 0 Å². The van der Waals surface area contributed by atoms with Crippen molar-refractivity contribution in [2.75, 3.05) is 6.61 Å². The van der Waals surface area contributed by atoms with E-state index < -0.39 is 11.8 Å². The summed E-state index contributed by atoms with van der Waals surface area (Å²) in [5.41, 5.74) is 0.690. The van der Waals surface area contributed by atoms with Crippen molar-refractivity contribution in [1.29, 1.82) is 0 Å². The molecular weight excluding hydrogens is 319 g/mol. The van der Waals surface area contributed by atoms with E-state index in [2.05, 4.69) is 9.97 Å². The lowest BCUT2D eigenvalue weighted by Crippen LogP contribution is -2.03. The Morgan fingerprint density at radius 3 is 2.91 bits per heavy atom. The van der Waals surface area contributed by atoms with E-state index in [0.717, 1.165) is 0 Å². The minimum atomic E-state index is -0.401. The molecule has 0 aliphatic rings. The maximum atomic E-state index is 13.3. The van der Waals surface area contributed by atoms with Crippen LogP contribution in [0.4, 0.5) is 4.39 Å². The number of thiophene rings is 1. The average molecular weight is 332 g/mol. The molecule has 0 bridgehead atoms. The Morgan fingerprint density at radius 1 is 1.35 bits per heavy atom. The van der Waals surface area contributed by atoms with Crippen LogP contribution in [0.3, 0.4) is 0 Å². The fourth-order valence-corrected chi connectivity index (χ4v) is 3.18. The summed E-state index contributed by atoms with van der Waals surface area (Å²) in [5, 5.41) is 0.629. The largest absolute Gasteiger partial charge is 0.462 e. The van der Waals surface area contributed by atoms with Crippen LogP contribution in [0.25, 0.3) is 10.2 Å². The first kappa shape index (κ1) is 15.4. The maximum Gasteiger partial charge on any atom is 0.348 e. The van der Waals surface area contributed by atoms with E-state index in [9.17, 15) is 9.18 Å². The molecule has 2 heterocycles. The Kier molecular flexibility index (Phi) is 4.20. The molecule has 0 aliphatic carbocycles. The van der Waals surface area contributed by atoms with Crippen molar-refractivity contribution < 1.29 is 18.7 Å². The van der Waals surface area contributed by atoms with Gasteiger partial charge in [0.1, 0.15) is 27.6 Å². The number of carbonyl (C=O) groups excluding carboxylic acids is 1. The highest BCUT2D eigenvalue weighted by Gasteiger charge is 2.21. The molecule has 2 aromatic heterocycles. The van der Waals surface area contributed by atoms with Crippen molar-refractivity contribution in [2.45, 2.75) is 13.8 Å². The highest BCUT2D eigenvalue weighted by atomic mass is 32.1. The van der Waals surface area contributed by atoms with Crippen LogP contribution in [0.1, 0.15) is 22.2 Å². The third-order valence-corrected chi connectivity index (χ3v) is 4.34. The van der Waals surface area contributed by atoms with Gasteiger partial charge in [-0.05, 0) is 31.5 Å². The zero-order valence-electron chi connectivity index (χ0n) is 12.5. The highest BCUT2D eigenvalue weighted by molar-refractivity contribution is 7.20. The number of hydrogen-bond donors (Lipinski definition) is 0. The van der Waals surface area contributed by atoms with Gasteiger partial charge < -0.3 is 9.47 Å². The van der Waals surface area contributed by atoms with Gasteiger partial charge >= 0.3 is 5.97 Å². The van der Waals surface area contributed by atoms with Gasteiger partial charge in [-0.15, -0.1) is 11.3 Å².